The van der Waals surface area contributed by atoms with Crippen LogP contribution in [-0.2, 0) is 0 Å². The van der Waals surface area contributed by atoms with Gasteiger partial charge in [0, 0.05) is 12.4 Å². The number of nitrogens with two attached hydrogens (primary N) is 1. The van der Waals surface area contributed by atoms with Gasteiger partial charge >= 0.3 is 0 Å². The topological polar surface area (TPSA) is 92.5 Å². The quantitative estimate of drug-likeness (QED) is 0.664. The number of hydrogen-bond donors (Lipinski definition) is 3. The summed E-state index contributed by atoms with van der Waals surface area (Å²) in [5.41, 5.74) is 8.59. The van der Waals surface area contributed by atoms with Crippen molar-refractivity contribution in [3.8, 4) is 11.4 Å². The average Bonchev–Trinajstić information content (AvgIpc) is 2.90. The number of hydrogen-bond acceptors (Lipinski definition) is 5. The zero-order valence-corrected chi connectivity index (χ0v) is 10.0. The minimum atomic E-state index is 0.627. The number of nitrogen functional groups attached to an aromatic ring is 1. The van der Waals surface area contributed by atoms with Gasteiger partial charge in [0.2, 0.25) is 0 Å². The van der Waals surface area contributed by atoms with Crippen molar-refractivity contribution in [2.75, 3.05) is 11.1 Å². The Labute approximate surface area is 109 Å². The molecule has 0 atom stereocenters. The van der Waals surface area contributed by atoms with Gasteiger partial charge in [-0.15, -0.1) is 0 Å². The number of aromatic nitrogens is 4. The minimum Gasteiger partial charge on any atom is -0.397 e. The second kappa shape index (κ2) is 4.77. The number of anilines is 3. The van der Waals surface area contributed by atoms with Crippen LogP contribution in [0.2, 0.25) is 0 Å². The third kappa shape index (κ3) is 2.37. The van der Waals surface area contributed by atoms with E-state index >= 15 is 0 Å². The van der Waals surface area contributed by atoms with E-state index in [9.17, 15) is 0 Å². The third-order valence-electron chi connectivity index (χ3n) is 2.60. The highest BCUT2D eigenvalue weighted by atomic mass is 15.2. The molecule has 19 heavy (non-hydrogen) atoms. The van der Waals surface area contributed by atoms with Crippen molar-refractivity contribution >= 4 is 17.2 Å². The van der Waals surface area contributed by atoms with Crippen LogP contribution in [0.4, 0.5) is 17.2 Å². The zero-order valence-electron chi connectivity index (χ0n) is 10.0. The van der Waals surface area contributed by atoms with Crippen molar-refractivity contribution < 1.29 is 0 Å². The van der Waals surface area contributed by atoms with Crippen LogP contribution >= 0.6 is 0 Å². The Kier molecular flexibility index (Phi) is 2.82. The minimum absolute atomic E-state index is 0.627. The van der Waals surface area contributed by atoms with Crippen molar-refractivity contribution in [1.82, 2.24) is 20.2 Å². The van der Waals surface area contributed by atoms with Crippen molar-refractivity contribution in [3.05, 3.63) is 48.9 Å². The summed E-state index contributed by atoms with van der Waals surface area (Å²) in [6.45, 7) is 0. The van der Waals surface area contributed by atoms with Crippen LogP contribution in [-0.4, -0.2) is 20.2 Å². The monoisotopic (exact) mass is 252 g/mol. The fourth-order valence-corrected chi connectivity index (χ4v) is 1.70. The summed E-state index contributed by atoms with van der Waals surface area (Å²) in [6, 6.07) is 9.28. The first-order chi connectivity index (χ1) is 9.33. The first kappa shape index (κ1) is 11.2. The highest BCUT2D eigenvalue weighted by Gasteiger charge is 2.09. The predicted molar refractivity (Wildman–Crippen MR) is 73.8 cm³/mol. The molecular formula is C13H12N6. The fraction of sp³-hybridized carbons (Fsp3) is 0. The second-order valence-electron chi connectivity index (χ2n) is 3.96. The molecule has 94 valence electrons. The van der Waals surface area contributed by atoms with E-state index in [1.807, 2.05) is 24.3 Å². The lowest BCUT2D eigenvalue weighted by atomic mass is 10.2. The van der Waals surface area contributed by atoms with Gasteiger partial charge < -0.3 is 11.1 Å². The molecule has 0 saturated heterocycles. The number of H-pyrrole nitrogens is 1. The van der Waals surface area contributed by atoms with Crippen LogP contribution in [0.25, 0.3) is 11.4 Å². The van der Waals surface area contributed by atoms with Crippen molar-refractivity contribution in [2.45, 2.75) is 0 Å². The molecule has 0 spiro atoms. The molecule has 0 unspecified atom stereocenters. The van der Waals surface area contributed by atoms with Gasteiger partial charge in [-0.3, -0.25) is 10.1 Å². The van der Waals surface area contributed by atoms with E-state index in [4.69, 9.17) is 5.73 Å². The Morgan fingerprint density at radius 3 is 2.79 bits per heavy atom. The van der Waals surface area contributed by atoms with Gasteiger partial charge in [-0.25, -0.2) is 4.98 Å². The van der Waals surface area contributed by atoms with E-state index in [2.05, 4.69) is 25.5 Å². The number of nitrogens with one attached hydrogen (secondary N) is 2. The second-order valence-corrected chi connectivity index (χ2v) is 3.96. The Morgan fingerprint density at radius 2 is 2.05 bits per heavy atom. The Hall–Kier alpha value is -2.89. The molecule has 3 aromatic rings. The van der Waals surface area contributed by atoms with Gasteiger partial charge in [-0.05, 0) is 24.3 Å². The molecule has 0 fully saturated rings. The molecule has 0 aliphatic heterocycles. The van der Waals surface area contributed by atoms with E-state index in [1.165, 1.54) is 0 Å². The molecule has 0 aliphatic rings. The maximum Gasteiger partial charge on any atom is 0.134 e. The Morgan fingerprint density at radius 1 is 1.11 bits per heavy atom. The molecular weight excluding hydrogens is 240 g/mol. The molecule has 0 aliphatic carbocycles. The van der Waals surface area contributed by atoms with E-state index in [1.54, 1.807) is 24.7 Å². The molecule has 4 N–H and O–H groups in total. The van der Waals surface area contributed by atoms with Crippen molar-refractivity contribution in [3.63, 3.8) is 0 Å². The lowest BCUT2D eigenvalue weighted by Crippen LogP contribution is -1.95. The highest BCUT2D eigenvalue weighted by Crippen LogP contribution is 2.25. The lowest BCUT2D eigenvalue weighted by molar-refractivity contribution is 1.09. The molecule has 6 nitrogen and oxygen atoms in total. The zero-order chi connectivity index (χ0) is 13.1. The number of pyridine rings is 2. The predicted octanol–water partition coefficient (Wildman–Crippen LogP) is 2.19. The number of aromatic amines is 1. The number of rotatable bonds is 3. The van der Waals surface area contributed by atoms with Gasteiger partial charge in [-0.2, -0.15) is 5.10 Å². The summed E-state index contributed by atoms with van der Waals surface area (Å²) in [4.78, 5) is 8.46. The molecule has 0 radical (unpaired) electrons. The van der Waals surface area contributed by atoms with E-state index in [0.29, 0.717) is 11.5 Å². The van der Waals surface area contributed by atoms with Crippen LogP contribution in [0, 0.1) is 0 Å². The molecule has 0 aromatic carbocycles. The van der Waals surface area contributed by atoms with Crippen LogP contribution in [0.5, 0.6) is 0 Å². The van der Waals surface area contributed by atoms with E-state index < -0.39 is 0 Å². The molecule has 3 rings (SSSR count). The van der Waals surface area contributed by atoms with E-state index in [0.717, 1.165) is 17.1 Å². The molecule has 6 heteroatoms. The summed E-state index contributed by atoms with van der Waals surface area (Å²) in [6.07, 6.45) is 5.10. The average molecular weight is 252 g/mol. The highest BCUT2D eigenvalue weighted by molar-refractivity contribution is 5.74. The first-order valence-electron chi connectivity index (χ1n) is 5.76. The standard InChI is InChI=1S/C13H12N6/c14-9-4-5-12(16-7-9)18-11-8-17-19-13(11)10-3-1-2-6-15-10/h1-8H,14H2,(H,16,18)(H,17,19). The van der Waals surface area contributed by atoms with E-state index in [-0.39, 0.29) is 0 Å². The lowest BCUT2D eigenvalue weighted by Gasteiger charge is -2.05. The summed E-state index contributed by atoms with van der Waals surface area (Å²) in [7, 11) is 0. The smallest absolute Gasteiger partial charge is 0.134 e. The molecule has 3 heterocycles. The van der Waals surface area contributed by atoms with Crippen molar-refractivity contribution in [1.29, 1.82) is 0 Å². The van der Waals surface area contributed by atoms with Gasteiger partial charge in [0.25, 0.3) is 0 Å². The molecule has 3 aromatic heterocycles. The SMILES string of the molecule is Nc1ccc(Nc2c[nH]nc2-c2ccccn2)nc1. The number of nitrogens with zero attached hydrogens (tertiary/aromatic N) is 3. The molecule has 0 amide bonds. The van der Waals surface area contributed by atoms with Gasteiger partial charge in [0.15, 0.2) is 0 Å². The van der Waals surface area contributed by atoms with Gasteiger partial charge in [0.05, 0.1) is 23.3 Å². The summed E-state index contributed by atoms with van der Waals surface area (Å²) in [5.74, 6) is 0.702. The Balaban J connectivity index is 1.91. The van der Waals surface area contributed by atoms with Gasteiger partial charge in [-0.1, -0.05) is 6.07 Å². The summed E-state index contributed by atoms with van der Waals surface area (Å²) < 4.78 is 0. The van der Waals surface area contributed by atoms with Crippen LogP contribution in [0.3, 0.4) is 0 Å². The fourth-order valence-electron chi connectivity index (χ4n) is 1.70. The molecule has 0 bridgehead atoms. The molecule has 0 saturated carbocycles. The maximum absolute atomic E-state index is 5.60. The van der Waals surface area contributed by atoms with Crippen molar-refractivity contribution in [2.24, 2.45) is 0 Å². The van der Waals surface area contributed by atoms with Crippen LogP contribution in [0.1, 0.15) is 0 Å². The van der Waals surface area contributed by atoms with Crippen LogP contribution in [0.15, 0.2) is 48.9 Å². The van der Waals surface area contributed by atoms with Crippen LogP contribution < -0.4 is 11.1 Å². The summed E-state index contributed by atoms with van der Waals surface area (Å²) in [5, 5.41) is 10.2. The third-order valence-corrected chi connectivity index (χ3v) is 2.60. The summed E-state index contributed by atoms with van der Waals surface area (Å²) >= 11 is 0. The normalized spacial score (nSPS) is 10.3. The first-order valence-corrected chi connectivity index (χ1v) is 5.76. The van der Waals surface area contributed by atoms with Gasteiger partial charge in [0.1, 0.15) is 11.5 Å². The largest absolute Gasteiger partial charge is 0.397 e. The maximum atomic E-state index is 5.60. The Bertz CT molecular complexity index is 659.